The number of carbonyl (C=O) groups excluding carboxylic acids is 3. The number of ether oxygens (including phenoxy) is 3. The van der Waals surface area contributed by atoms with Gasteiger partial charge in [-0.1, -0.05) is 0 Å². The van der Waals surface area contributed by atoms with Gasteiger partial charge in [-0.2, -0.15) is 0 Å². The van der Waals surface area contributed by atoms with Crippen molar-refractivity contribution in [3.63, 3.8) is 0 Å². The molecule has 0 bridgehead atoms. The molecule has 0 aliphatic carbocycles. The van der Waals surface area contributed by atoms with Crippen molar-refractivity contribution < 1.29 is 28.6 Å². The zero-order valence-electron chi connectivity index (χ0n) is 18.8. The molecule has 0 radical (unpaired) electrons. The third-order valence-corrected chi connectivity index (χ3v) is 5.52. The predicted octanol–water partition coefficient (Wildman–Crippen LogP) is 1.11. The number of urea groups is 1. The van der Waals surface area contributed by atoms with Crippen molar-refractivity contribution in [3.05, 3.63) is 23.8 Å². The number of piperidine rings is 1. The number of amides is 4. The van der Waals surface area contributed by atoms with E-state index in [1.165, 1.54) is 0 Å². The molecule has 1 saturated heterocycles. The van der Waals surface area contributed by atoms with Gasteiger partial charge in [0.05, 0.1) is 6.61 Å². The second kappa shape index (κ2) is 11.0. The lowest BCUT2D eigenvalue weighted by Crippen LogP contribution is -2.55. The average Bonchev–Trinajstić information content (AvgIpc) is 3.25. The van der Waals surface area contributed by atoms with E-state index in [2.05, 4.69) is 16.0 Å². The van der Waals surface area contributed by atoms with Crippen LogP contribution in [0.4, 0.5) is 4.79 Å². The molecule has 32 heavy (non-hydrogen) atoms. The summed E-state index contributed by atoms with van der Waals surface area (Å²) in [6.07, 6.45) is 1.21. The Balaban J connectivity index is 1.66. The minimum Gasteiger partial charge on any atom is -0.454 e. The van der Waals surface area contributed by atoms with Gasteiger partial charge in [0.25, 0.3) is 5.91 Å². The fraction of sp³-hybridized carbons (Fsp3) is 0.591. The van der Waals surface area contributed by atoms with Gasteiger partial charge >= 0.3 is 6.03 Å². The van der Waals surface area contributed by atoms with Crippen LogP contribution in [0.3, 0.4) is 0 Å². The van der Waals surface area contributed by atoms with E-state index in [-0.39, 0.29) is 36.6 Å². The molecule has 0 spiro atoms. The second-order valence-electron chi connectivity index (χ2n) is 8.23. The first-order valence-electron chi connectivity index (χ1n) is 10.9. The van der Waals surface area contributed by atoms with E-state index >= 15 is 0 Å². The monoisotopic (exact) mass is 448 g/mol. The number of carbonyl (C=O) groups is 3. The number of nitrogens with zero attached hydrogens (tertiary/aromatic N) is 1. The first kappa shape index (κ1) is 23.6. The molecule has 1 aromatic carbocycles. The third-order valence-electron chi connectivity index (χ3n) is 5.52. The molecule has 1 fully saturated rings. The zero-order valence-corrected chi connectivity index (χ0v) is 18.8. The lowest BCUT2D eigenvalue weighted by Gasteiger charge is -2.36. The van der Waals surface area contributed by atoms with Crippen LogP contribution in [0.25, 0.3) is 0 Å². The lowest BCUT2D eigenvalue weighted by molar-refractivity contribution is -0.124. The average molecular weight is 449 g/mol. The standard InChI is InChI=1S/C22H32N4O6/c1-14(2)24-22(29)26-9-6-15(7-10-26)19(21(28)23-8-11-30-3)25-20(27)16-4-5-17-18(12-16)32-13-31-17/h4-5,12,14-15,19H,6-11,13H2,1-3H3,(H,23,28)(H,24,29)(H,25,27)/t19-/m1/s1. The summed E-state index contributed by atoms with van der Waals surface area (Å²) in [4.78, 5) is 39.9. The highest BCUT2D eigenvalue weighted by Gasteiger charge is 2.34. The summed E-state index contributed by atoms with van der Waals surface area (Å²) < 4.78 is 15.6. The number of rotatable bonds is 8. The molecule has 1 atom stereocenters. The van der Waals surface area contributed by atoms with Gasteiger partial charge in [-0.3, -0.25) is 9.59 Å². The number of hydrogen-bond acceptors (Lipinski definition) is 6. The van der Waals surface area contributed by atoms with Gasteiger partial charge in [0.15, 0.2) is 11.5 Å². The number of benzene rings is 1. The van der Waals surface area contributed by atoms with E-state index in [1.54, 1.807) is 30.2 Å². The fourth-order valence-electron chi connectivity index (χ4n) is 3.82. The van der Waals surface area contributed by atoms with E-state index in [9.17, 15) is 14.4 Å². The van der Waals surface area contributed by atoms with E-state index in [1.807, 2.05) is 13.8 Å². The lowest BCUT2D eigenvalue weighted by atomic mass is 9.88. The van der Waals surface area contributed by atoms with E-state index < -0.39 is 6.04 Å². The maximum atomic E-state index is 12.9. The first-order valence-corrected chi connectivity index (χ1v) is 10.9. The van der Waals surface area contributed by atoms with Gasteiger partial charge < -0.3 is 35.1 Å². The Morgan fingerprint density at radius 1 is 1.12 bits per heavy atom. The van der Waals surface area contributed by atoms with Crippen molar-refractivity contribution in [1.29, 1.82) is 0 Å². The number of fused-ring (bicyclic) bond motifs is 1. The summed E-state index contributed by atoms with van der Waals surface area (Å²) in [6, 6.07) is 4.15. The second-order valence-corrected chi connectivity index (χ2v) is 8.23. The molecule has 10 heteroatoms. The first-order chi connectivity index (χ1) is 15.4. The molecule has 4 amide bonds. The quantitative estimate of drug-likeness (QED) is 0.513. The number of hydrogen-bond donors (Lipinski definition) is 3. The summed E-state index contributed by atoms with van der Waals surface area (Å²) in [6.45, 7) is 5.71. The Morgan fingerprint density at radius 2 is 1.84 bits per heavy atom. The van der Waals surface area contributed by atoms with Crippen LogP contribution >= 0.6 is 0 Å². The van der Waals surface area contributed by atoms with Gasteiger partial charge in [0.1, 0.15) is 6.04 Å². The molecule has 3 N–H and O–H groups in total. The molecular formula is C22H32N4O6. The fourth-order valence-corrected chi connectivity index (χ4v) is 3.82. The van der Waals surface area contributed by atoms with Crippen molar-refractivity contribution in [3.8, 4) is 11.5 Å². The van der Waals surface area contributed by atoms with Crippen LogP contribution in [0, 0.1) is 5.92 Å². The molecule has 0 saturated carbocycles. The maximum Gasteiger partial charge on any atom is 0.317 e. The highest BCUT2D eigenvalue weighted by molar-refractivity contribution is 5.98. The Hall–Kier alpha value is -3.01. The highest BCUT2D eigenvalue weighted by Crippen LogP contribution is 2.32. The largest absolute Gasteiger partial charge is 0.454 e. The van der Waals surface area contributed by atoms with Gasteiger partial charge in [0, 0.05) is 38.3 Å². The molecule has 2 aliphatic rings. The van der Waals surface area contributed by atoms with Crippen LogP contribution < -0.4 is 25.4 Å². The number of likely N-dealkylation sites (tertiary alicyclic amines) is 1. The SMILES string of the molecule is COCCNC(=O)[C@H](NC(=O)c1ccc2c(c1)OCO2)C1CCN(C(=O)NC(C)C)CC1. The Bertz CT molecular complexity index is 823. The highest BCUT2D eigenvalue weighted by atomic mass is 16.7. The summed E-state index contributed by atoms with van der Waals surface area (Å²) in [5.74, 6) is 0.362. The molecule has 0 aromatic heterocycles. The van der Waals surface area contributed by atoms with Crippen LogP contribution in [0.2, 0.25) is 0 Å². The summed E-state index contributed by atoms with van der Waals surface area (Å²) in [5.41, 5.74) is 0.387. The van der Waals surface area contributed by atoms with Crippen molar-refractivity contribution in [2.75, 3.05) is 40.1 Å². The predicted molar refractivity (Wildman–Crippen MR) is 117 cm³/mol. The Morgan fingerprint density at radius 3 is 2.53 bits per heavy atom. The molecular weight excluding hydrogens is 416 g/mol. The van der Waals surface area contributed by atoms with E-state index in [4.69, 9.17) is 14.2 Å². The topological polar surface area (TPSA) is 118 Å². The summed E-state index contributed by atoms with van der Waals surface area (Å²) in [7, 11) is 1.56. The van der Waals surface area contributed by atoms with E-state index in [0.29, 0.717) is 56.1 Å². The molecule has 2 aliphatic heterocycles. The summed E-state index contributed by atoms with van der Waals surface area (Å²) >= 11 is 0. The smallest absolute Gasteiger partial charge is 0.317 e. The molecule has 3 rings (SSSR count). The number of nitrogens with one attached hydrogen (secondary N) is 3. The van der Waals surface area contributed by atoms with Crippen molar-refractivity contribution in [2.45, 2.75) is 38.8 Å². The maximum absolute atomic E-state index is 12.9. The van der Waals surface area contributed by atoms with Gasteiger partial charge in [-0.15, -0.1) is 0 Å². The minimum atomic E-state index is -0.722. The van der Waals surface area contributed by atoms with Crippen LogP contribution in [0.5, 0.6) is 11.5 Å². The van der Waals surface area contributed by atoms with Crippen LogP contribution in [0.1, 0.15) is 37.0 Å². The Labute approximate surface area is 187 Å². The summed E-state index contributed by atoms with van der Waals surface area (Å²) in [5, 5.41) is 8.60. The van der Waals surface area contributed by atoms with Crippen molar-refractivity contribution in [2.24, 2.45) is 5.92 Å². The molecule has 2 heterocycles. The normalized spacial score (nSPS) is 16.6. The molecule has 10 nitrogen and oxygen atoms in total. The van der Waals surface area contributed by atoms with Crippen molar-refractivity contribution >= 4 is 17.8 Å². The third kappa shape index (κ3) is 6.03. The van der Waals surface area contributed by atoms with Gasteiger partial charge in [0.2, 0.25) is 12.7 Å². The Kier molecular flexibility index (Phi) is 8.15. The number of methoxy groups -OCH3 is 1. The van der Waals surface area contributed by atoms with E-state index in [0.717, 1.165) is 0 Å². The van der Waals surface area contributed by atoms with Crippen LogP contribution in [-0.2, 0) is 9.53 Å². The van der Waals surface area contributed by atoms with Gasteiger partial charge in [-0.05, 0) is 50.8 Å². The minimum absolute atomic E-state index is 0.0560. The van der Waals surface area contributed by atoms with Gasteiger partial charge in [-0.25, -0.2) is 4.79 Å². The molecule has 1 aromatic rings. The van der Waals surface area contributed by atoms with Crippen LogP contribution in [-0.4, -0.2) is 75.0 Å². The molecule has 176 valence electrons. The van der Waals surface area contributed by atoms with Crippen LogP contribution in [0.15, 0.2) is 18.2 Å². The zero-order chi connectivity index (χ0) is 23.1. The molecule has 0 unspecified atom stereocenters. The van der Waals surface area contributed by atoms with Crippen molar-refractivity contribution in [1.82, 2.24) is 20.9 Å².